The second-order valence-corrected chi connectivity index (χ2v) is 4.40. The molecule has 0 aliphatic heterocycles. The predicted octanol–water partition coefficient (Wildman–Crippen LogP) is 1.74. The van der Waals surface area contributed by atoms with Crippen LogP contribution >= 0.6 is 0 Å². The zero-order chi connectivity index (χ0) is 15.1. The molecule has 0 radical (unpaired) electrons. The molecule has 0 aliphatic carbocycles. The molecule has 8 heteroatoms. The van der Waals surface area contributed by atoms with Gasteiger partial charge in [-0.1, -0.05) is 13.8 Å². The number of rotatable bonds is 8. The molecule has 0 bridgehead atoms. The Morgan fingerprint density at radius 1 is 1.45 bits per heavy atom. The maximum atomic E-state index is 10.8. The van der Waals surface area contributed by atoms with Gasteiger partial charge in [-0.15, -0.1) is 0 Å². The molecular weight excluding hydrogens is 268 g/mol. The average molecular weight is 284 g/mol. The molecule has 0 aromatic carbocycles. The van der Waals surface area contributed by atoms with Gasteiger partial charge in [0.15, 0.2) is 5.69 Å². The molecule has 0 aliphatic rings. The topological polar surface area (TPSA) is 112 Å². The van der Waals surface area contributed by atoms with Gasteiger partial charge in [-0.2, -0.15) is 0 Å². The van der Waals surface area contributed by atoms with Crippen molar-refractivity contribution in [3.05, 3.63) is 27.9 Å². The van der Waals surface area contributed by atoms with E-state index in [4.69, 9.17) is 14.6 Å². The Hall–Kier alpha value is -2.22. The number of carbonyl (C=O) groups is 1. The summed E-state index contributed by atoms with van der Waals surface area (Å²) < 4.78 is 10.4. The molecule has 1 aromatic rings. The average Bonchev–Trinajstić information content (AvgIpc) is 2.37. The number of aromatic nitrogens is 1. The summed E-state index contributed by atoms with van der Waals surface area (Å²) in [6.07, 6.45) is 0. The number of carboxylic acids is 1. The number of hydrogen-bond acceptors (Lipinski definition) is 6. The number of ether oxygens (including phenoxy) is 2. The van der Waals surface area contributed by atoms with E-state index in [1.807, 2.05) is 13.8 Å². The maximum Gasteiger partial charge on any atom is 0.354 e. The largest absolute Gasteiger partial charge is 0.477 e. The van der Waals surface area contributed by atoms with E-state index in [1.165, 1.54) is 0 Å². The van der Waals surface area contributed by atoms with Crippen molar-refractivity contribution in [1.29, 1.82) is 0 Å². The molecule has 1 aromatic heterocycles. The van der Waals surface area contributed by atoms with Crippen LogP contribution in [0.2, 0.25) is 0 Å². The summed E-state index contributed by atoms with van der Waals surface area (Å²) in [7, 11) is 0. The minimum Gasteiger partial charge on any atom is -0.477 e. The van der Waals surface area contributed by atoms with Crippen LogP contribution in [0, 0.1) is 16.0 Å². The summed E-state index contributed by atoms with van der Waals surface area (Å²) in [5.74, 6) is -1.22. The first-order valence-electron chi connectivity index (χ1n) is 6.01. The van der Waals surface area contributed by atoms with E-state index in [9.17, 15) is 14.9 Å². The van der Waals surface area contributed by atoms with Crippen LogP contribution in [0.25, 0.3) is 0 Å². The van der Waals surface area contributed by atoms with Gasteiger partial charge in [-0.25, -0.2) is 9.78 Å². The SMILES string of the molecule is CC(C)COCCOc1nc(C(=O)O)ccc1[N+](=O)[O-]. The maximum absolute atomic E-state index is 10.8. The molecule has 110 valence electrons. The Morgan fingerprint density at radius 3 is 2.70 bits per heavy atom. The lowest BCUT2D eigenvalue weighted by Crippen LogP contribution is -2.12. The molecule has 1 rings (SSSR count). The molecule has 0 saturated heterocycles. The summed E-state index contributed by atoms with van der Waals surface area (Å²) in [6, 6.07) is 2.11. The summed E-state index contributed by atoms with van der Waals surface area (Å²) in [6.45, 7) is 4.83. The van der Waals surface area contributed by atoms with Crippen molar-refractivity contribution in [1.82, 2.24) is 4.98 Å². The summed E-state index contributed by atoms with van der Waals surface area (Å²) in [4.78, 5) is 24.5. The van der Waals surface area contributed by atoms with Gasteiger partial charge in [0, 0.05) is 12.7 Å². The van der Waals surface area contributed by atoms with Crippen molar-refractivity contribution < 1.29 is 24.3 Å². The standard InChI is InChI=1S/C12H16N2O6/c1-8(2)7-19-5-6-20-11-10(14(17)18)4-3-9(13-11)12(15)16/h3-4,8H,5-7H2,1-2H3,(H,15,16). The van der Waals surface area contributed by atoms with Crippen LogP contribution in [0.15, 0.2) is 12.1 Å². The summed E-state index contributed by atoms with van der Waals surface area (Å²) in [5.41, 5.74) is -0.687. The number of carboxylic acid groups (broad SMARTS) is 1. The van der Waals surface area contributed by atoms with Gasteiger partial charge in [0.2, 0.25) is 0 Å². The highest BCUT2D eigenvalue weighted by Gasteiger charge is 2.19. The van der Waals surface area contributed by atoms with E-state index in [2.05, 4.69) is 4.98 Å². The number of aromatic carboxylic acids is 1. The van der Waals surface area contributed by atoms with Gasteiger partial charge in [-0.3, -0.25) is 10.1 Å². The van der Waals surface area contributed by atoms with Crippen molar-refractivity contribution in [2.45, 2.75) is 13.8 Å². The first kappa shape index (κ1) is 15.8. The minimum absolute atomic E-state index is 0.0592. The number of pyridine rings is 1. The molecule has 0 fully saturated rings. The molecule has 1 N–H and O–H groups in total. The molecule has 0 saturated carbocycles. The second-order valence-electron chi connectivity index (χ2n) is 4.40. The van der Waals surface area contributed by atoms with Gasteiger partial charge < -0.3 is 14.6 Å². The van der Waals surface area contributed by atoms with Crippen LogP contribution in [0.4, 0.5) is 5.69 Å². The second kappa shape index (κ2) is 7.39. The van der Waals surface area contributed by atoms with Crippen LogP contribution < -0.4 is 4.74 Å². The van der Waals surface area contributed by atoms with Crippen LogP contribution in [-0.4, -0.2) is 40.8 Å². The Balaban J connectivity index is 2.68. The molecule has 0 amide bonds. The van der Waals surface area contributed by atoms with Gasteiger partial charge >= 0.3 is 11.7 Å². The molecule has 20 heavy (non-hydrogen) atoms. The van der Waals surface area contributed by atoms with E-state index in [0.29, 0.717) is 12.5 Å². The first-order chi connectivity index (χ1) is 9.41. The Labute approximate surface area is 115 Å². The Bertz CT molecular complexity index is 489. The lowest BCUT2D eigenvalue weighted by molar-refractivity contribution is -0.386. The smallest absolute Gasteiger partial charge is 0.354 e. The van der Waals surface area contributed by atoms with Crippen molar-refractivity contribution in [2.75, 3.05) is 19.8 Å². The third kappa shape index (κ3) is 4.81. The molecule has 0 atom stereocenters. The van der Waals surface area contributed by atoms with Crippen LogP contribution in [0.1, 0.15) is 24.3 Å². The predicted molar refractivity (Wildman–Crippen MR) is 69.0 cm³/mol. The fourth-order valence-electron chi connectivity index (χ4n) is 1.31. The number of nitro groups is 1. The zero-order valence-corrected chi connectivity index (χ0v) is 11.2. The monoisotopic (exact) mass is 284 g/mol. The Kier molecular flexibility index (Phi) is 5.85. The van der Waals surface area contributed by atoms with Crippen molar-refractivity contribution in [2.24, 2.45) is 5.92 Å². The molecular formula is C12H16N2O6. The highest BCUT2D eigenvalue weighted by Crippen LogP contribution is 2.24. The van der Waals surface area contributed by atoms with E-state index in [-0.39, 0.29) is 30.5 Å². The normalized spacial score (nSPS) is 10.6. The van der Waals surface area contributed by atoms with E-state index < -0.39 is 10.9 Å². The van der Waals surface area contributed by atoms with Gasteiger partial charge in [0.1, 0.15) is 6.61 Å². The third-order valence-electron chi connectivity index (χ3n) is 2.17. The highest BCUT2D eigenvalue weighted by molar-refractivity contribution is 5.85. The lowest BCUT2D eigenvalue weighted by Gasteiger charge is -2.08. The van der Waals surface area contributed by atoms with Crippen LogP contribution in [0.3, 0.4) is 0 Å². The van der Waals surface area contributed by atoms with Crippen molar-refractivity contribution in [3.63, 3.8) is 0 Å². The van der Waals surface area contributed by atoms with Crippen molar-refractivity contribution >= 4 is 11.7 Å². The van der Waals surface area contributed by atoms with E-state index in [0.717, 1.165) is 12.1 Å². The van der Waals surface area contributed by atoms with Crippen LogP contribution in [0.5, 0.6) is 5.88 Å². The fraction of sp³-hybridized carbons (Fsp3) is 0.500. The molecule has 0 unspecified atom stereocenters. The zero-order valence-electron chi connectivity index (χ0n) is 11.2. The van der Waals surface area contributed by atoms with Gasteiger partial charge in [0.05, 0.1) is 11.5 Å². The summed E-state index contributed by atoms with van der Waals surface area (Å²) >= 11 is 0. The highest BCUT2D eigenvalue weighted by atomic mass is 16.6. The molecule has 8 nitrogen and oxygen atoms in total. The Morgan fingerprint density at radius 2 is 2.15 bits per heavy atom. The lowest BCUT2D eigenvalue weighted by atomic mass is 10.2. The van der Waals surface area contributed by atoms with Crippen molar-refractivity contribution in [3.8, 4) is 5.88 Å². The number of nitrogens with zero attached hydrogens (tertiary/aromatic N) is 2. The minimum atomic E-state index is -1.28. The molecule has 0 spiro atoms. The molecule has 1 heterocycles. The third-order valence-corrected chi connectivity index (χ3v) is 2.17. The van der Waals surface area contributed by atoms with Gasteiger partial charge in [-0.05, 0) is 12.0 Å². The van der Waals surface area contributed by atoms with Crippen LogP contribution in [-0.2, 0) is 4.74 Å². The van der Waals surface area contributed by atoms with E-state index in [1.54, 1.807) is 0 Å². The van der Waals surface area contributed by atoms with Gasteiger partial charge in [0.25, 0.3) is 5.88 Å². The summed E-state index contributed by atoms with van der Waals surface area (Å²) in [5, 5.41) is 19.6. The quantitative estimate of drug-likeness (QED) is 0.439. The first-order valence-corrected chi connectivity index (χ1v) is 6.01. The number of hydrogen-bond donors (Lipinski definition) is 1. The van der Waals surface area contributed by atoms with E-state index >= 15 is 0 Å². The fourth-order valence-corrected chi connectivity index (χ4v) is 1.31.